The summed E-state index contributed by atoms with van der Waals surface area (Å²) >= 11 is 0. The van der Waals surface area contributed by atoms with Gasteiger partial charge in [0.05, 0.1) is 19.8 Å². The molecule has 0 amide bonds. The van der Waals surface area contributed by atoms with Crippen molar-refractivity contribution >= 4 is 5.96 Å². The molecule has 0 atom stereocenters. The van der Waals surface area contributed by atoms with E-state index in [-0.39, 0.29) is 5.82 Å². The third-order valence-corrected chi connectivity index (χ3v) is 4.16. The van der Waals surface area contributed by atoms with Crippen LogP contribution in [0.15, 0.2) is 53.5 Å². The van der Waals surface area contributed by atoms with Gasteiger partial charge in [-0.25, -0.2) is 4.39 Å². The molecular weight excluding hydrogens is 357 g/mol. The fraction of sp³-hybridized carbons (Fsp3) is 0.409. The molecule has 5 nitrogen and oxygen atoms in total. The van der Waals surface area contributed by atoms with Crippen molar-refractivity contribution in [3.05, 3.63) is 71.0 Å². The van der Waals surface area contributed by atoms with Crippen LogP contribution in [0.3, 0.4) is 0 Å². The molecule has 2 rings (SSSR count). The Morgan fingerprint density at radius 1 is 1.00 bits per heavy atom. The second-order valence-corrected chi connectivity index (χ2v) is 6.26. The lowest BCUT2D eigenvalue weighted by Gasteiger charge is -2.13. The molecule has 0 radical (unpaired) electrons. The monoisotopic (exact) mass is 387 g/mol. The molecule has 0 spiro atoms. The number of rotatable bonds is 11. The van der Waals surface area contributed by atoms with Gasteiger partial charge in [0.2, 0.25) is 0 Å². The first-order valence-corrected chi connectivity index (χ1v) is 9.64. The van der Waals surface area contributed by atoms with Crippen LogP contribution in [0, 0.1) is 5.82 Å². The second kappa shape index (κ2) is 12.9. The topological polar surface area (TPSA) is 54.9 Å². The van der Waals surface area contributed by atoms with Crippen LogP contribution >= 0.6 is 0 Å². The Balaban J connectivity index is 1.73. The van der Waals surface area contributed by atoms with Crippen molar-refractivity contribution in [1.82, 2.24) is 10.6 Å². The molecular formula is C22H30FN3O2. The Morgan fingerprint density at radius 3 is 2.57 bits per heavy atom. The van der Waals surface area contributed by atoms with Gasteiger partial charge in [-0.05, 0) is 36.1 Å². The zero-order chi connectivity index (χ0) is 20.0. The number of hydrogen-bond acceptors (Lipinski definition) is 3. The molecule has 2 aromatic carbocycles. The molecule has 0 aliphatic heterocycles. The summed E-state index contributed by atoms with van der Waals surface area (Å²) in [7, 11) is 1.72. The molecule has 0 heterocycles. The third-order valence-electron chi connectivity index (χ3n) is 4.16. The van der Waals surface area contributed by atoms with E-state index in [2.05, 4.69) is 27.8 Å². The van der Waals surface area contributed by atoms with E-state index in [9.17, 15) is 4.39 Å². The summed E-state index contributed by atoms with van der Waals surface area (Å²) in [5, 5.41) is 6.50. The minimum absolute atomic E-state index is 0.174. The number of hydrogen-bond donors (Lipinski definition) is 2. The molecule has 0 fully saturated rings. The van der Waals surface area contributed by atoms with E-state index >= 15 is 0 Å². The lowest BCUT2D eigenvalue weighted by Crippen LogP contribution is -2.37. The summed E-state index contributed by atoms with van der Waals surface area (Å²) in [6, 6.07) is 15.1. The van der Waals surface area contributed by atoms with Crippen LogP contribution in [0.4, 0.5) is 4.39 Å². The molecule has 6 heteroatoms. The second-order valence-electron chi connectivity index (χ2n) is 6.26. The van der Waals surface area contributed by atoms with Crippen molar-refractivity contribution in [2.45, 2.75) is 26.5 Å². The van der Waals surface area contributed by atoms with Gasteiger partial charge < -0.3 is 20.1 Å². The molecule has 0 bridgehead atoms. The summed E-state index contributed by atoms with van der Waals surface area (Å²) in [6.07, 6.45) is 0.599. The van der Waals surface area contributed by atoms with E-state index in [1.54, 1.807) is 19.2 Å². The van der Waals surface area contributed by atoms with E-state index in [0.717, 1.165) is 11.1 Å². The highest BCUT2D eigenvalue weighted by Crippen LogP contribution is 2.07. The fourth-order valence-electron chi connectivity index (χ4n) is 2.70. The summed E-state index contributed by atoms with van der Waals surface area (Å²) in [5.41, 5.74) is 2.96. The standard InChI is InChI=1S/C22H30FN3O2/c1-3-27-13-14-28-17-19-8-6-7-18(15-19)16-26-22(24-2)25-12-11-20-9-4-5-10-21(20)23/h4-10,15H,3,11-14,16-17H2,1-2H3,(H2,24,25,26). The maximum absolute atomic E-state index is 13.7. The van der Waals surface area contributed by atoms with Crippen molar-refractivity contribution in [2.75, 3.05) is 33.4 Å². The fourth-order valence-corrected chi connectivity index (χ4v) is 2.70. The van der Waals surface area contributed by atoms with Crippen LogP contribution in [0.2, 0.25) is 0 Å². The third kappa shape index (κ3) is 8.06. The molecule has 0 unspecified atom stereocenters. The van der Waals surface area contributed by atoms with Crippen molar-refractivity contribution in [3.63, 3.8) is 0 Å². The Hall–Kier alpha value is -2.44. The van der Waals surface area contributed by atoms with Gasteiger partial charge in [-0.2, -0.15) is 0 Å². The van der Waals surface area contributed by atoms with Crippen molar-refractivity contribution in [1.29, 1.82) is 0 Å². The first-order valence-electron chi connectivity index (χ1n) is 9.64. The molecule has 0 aliphatic carbocycles. The van der Waals surface area contributed by atoms with Crippen molar-refractivity contribution < 1.29 is 13.9 Å². The molecule has 0 saturated carbocycles. The number of nitrogens with zero attached hydrogens (tertiary/aromatic N) is 1. The van der Waals surface area contributed by atoms with Gasteiger partial charge in [-0.3, -0.25) is 4.99 Å². The predicted octanol–water partition coefficient (Wildman–Crippen LogP) is 3.29. The number of nitrogens with one attached hydrogen (secondary N) is 2. The first kappa shape index (κ1) is 21.9. The lowest BCUT2D eigenvalue weighted by molar-refractivity contribution is 0.0453. The SMILES string of the molecule is CCOCCOCc1cccc(CNC(=NC)NCCc2ccccc2F)c1. The summed E-state index contributed by atoms with van der Waals surface area (Å²) in [4.78, 5) is 4.22. The van der Waals surface area contributed by atoms with Crippen LogP contribution in [0.1, 0.15) is 23.6 Å². The van der Waals surface area contributed by atoms with Gasteiger partial charge in [0, 0.05) is 26.7 Å². The maximum atomic E-state index is 13.7. The minimum atomic E-state index is -0.174. The summed E-state index contributed by atoms with van der Waals surface area (Å²) in [5.74, 6) is 0.516. The number of aliphatic imine (C=N–C) groups is 1. The quantitative estimate of drug-likeness (QED) is 0.353. The highest BCUT2D eigenvalue weighted by molar-refractivity contribution is 5.79. The van der Waals surface area contributed by atoms with Crippen molar-refractivity contribution in [3.8, 4) is 0 Å². The molecule has 0 saturated heterocycles. The Kier molecular flexibility index (Phi) is 10.0. The predicted molar refractivity (Wildman–Crippen MR) is 111 cm³/mol. The van der Waals surface area contributed by atoms with Gasteiger partial charge >= 0.3 is 0 Å². The van der Waals surface area contributed by atoms with Crippen LogP contribution < -0.4 is 10.6 Å². The van der Waals surface area contributed by atoms with Crippen LogP contribution in [0.5, 0.6) is 0 Å². The average molecular weight is 387 g/mol. The first-order chi connectivity index (χ1) is 13.7. The zero-order valence-corrected chi connectivity index (χ0v) is 16.7. The molecule has 2 aromatic rings. The van der Waals surface area contributed by atoms with E-state index in [0.29, 0.717) is 57.5 Å². The van der Waals surface area contributed by atoms with Crippen LogP contribution in [-0.4, -0.2) is 39.4 Å². The zero-order valence-electron chi connectivity index (χ0n) is 16.7. The molecule has 0 aromatic heterocycles. The van der Waals surface area contributed by atoms with E-state index < -0.39 is 0 Å². The van der Waals surface area contributed by atoms with E-state index in [1.807, 2.05) is 25.1 Å². The average Bonchev–Trinajstić information content (AvgIpc) is 2.72. The highest BCUT2D eigenvalue weighted by atomic mass is 19.1. The van der Waals surface area contributed by atoms with E-state index in [4.69, 9.17) is 9.47 Å². The number of guanidine groups is 1. The molecule has 28 heavy (non-hydrogen) atoms. The number of benzene rings is 2. The molecule has 152 valence electrons. The van der Waals surface area contributed by atoms with Crippen LogP contribution in [-0.2, 0) is 29.0 Å². The van der Waals surface area contributed by atoms with Crippen LogP contribution in [0.25, 0.3) is 0 Å². The maximum Gasteiger partial charge on any atom is 0.191 e. The largest absolute Gasteiger partial charge is 0.379 e. The van der Waals surface area contributed by atoms with Gasteiger partial charge in [-0.1, -0.05) is 42.5 Å². The van der Waals surface area contributed by atoms with Gasteiger partial charge in [0.1, 0.15) is 5.82 Å². The normalized spacial score (nSPS) is 11.5. The Bertz CT molecular complexity index is 737. The summed E-state index contributed by atoms with van der Waals surface area (Å²) in [6.45, 7) is 5.71. The molecule has 2 N–H and O–H groups in total. The smallest absolute Gasteiger partial charge is 0.191 e. The number of ether oxygens (including phenoxy) is 2. The van der Waals surface area contributed by atoms with E-state index in [1.165, 1.54) is 6.07 Å². The van der Waals surface area contributed by atoms with Crippen molar-refractivity contribution in [2.24, 2.45) is 4.99 Å². The Morgan fingerprint density at radius 2 is 1.79 bits per heavy atom. The molecule has 0 aliphatic rings. The highest BCUT2D eigenvalue weighted by Gasteiger charge is 2.03. The Labute approximate surface area is 167 Å². The van der Waals surface area contributed by atoms with Gasteiger partial charge in [0.15, 0.2) is 5.96 Å². The van der Waals surface area contributed by atoms with Gasteiger partial charge in [-0.15, -0.1) is 0 Å². The number of halogens is 1. The minimum Gasteiger partial charge on any atom is -0.379 e. The van der Waals surface area contributed by atoms with Gasteiger partial charge in [0.25, 0.3) is 0 Å². The lowest BCUT2D eigenvalue weighted by atomic mass is 10.1. The summed E-state index contributed by atoms with van der Waals surface area (Å²) < 4.78 is 24.5.